The van der Waals surface area contributed by atoms with Gasteiger partial charge in [-0.1, -0.05) is 12.8 Å². The monoisotopic (exact) mass is 274 g/mol. The number of anilines is 1. The van der Waals surface area contributed by atoms with Gasteiger partial charge in [-0.15, -0.1) is 0 Å². The minimum atomic E-state index is 0.0933. The summed E-state index contributed by atoms with van der Waals surface area (Å²) in [7, 11) is 0. The SMILES string of the molecule is Cc1cc(C)c(CO)c(N2CCC3(CCCC3)CC2)n1. The molecule has 2 fully saturated rings. The molecule has 0 aromatic carbocycles. The van der Waals surface area contributed by atoms with Crippen molar-refractivity contribution in [3.63, 3.8) is 0 Å². The Kier molecular flexibility index (Phi) is 3.72. The average Bonchev–Trinajstić information content (AvgIpc) is 2.87. The number of aliphatic hydroxyl groups is 1. The van der Waals surface area contributed by atoms with Crippen molar-refractivity contribution in [3.05, 3.63) is 22.9 Å². The Balaban J connectivity index is 1.81. The Morgan fingerprint density at radius 2 is 1.80 bits per heavy atom. The van der Waals surface area contributed by atoms with E-state index in [9.17, 15) is 5.11 Å². The molecule has 0 unspecified atom stereocenters. The molecule has 1 N–H and O–H groups in total. The van der Waals surface area contributed by atoms with Crippen LogP contribution >= 0.6 is 0 Å². The first-order valence-electron chi connectivity index (χ1n) is 7.96. The molecule has 1 aliphatic heterocycles. The molecule has 2 aliphatic rings. The third kappa shape index (κ3) is 2.44. The summed E-state index contributed by atoms with van der Waals surface area (Å²) < 4.78 is 0. The third-order valence-electron chi connectivity index (χ3n) is 5.40. The maximum Gasteiger partial charge on any atom is 0.134 e. The second-order valence-electron chi connectivity index (χ2n) is 6.73. The fourth-order valence-corrected chi connectivity index (χ4v) is 4.12. The van der Waals surface area contributed by atoms with Gasteiger partial charge in [0, 0.05) is 24.3 Å². The predicted octanol–water partition coefficient (Wildman–Crippen LogP) is 3.35. The van der Waals surface area contributed by atoms with E-state index in [0.29, 0.717) is 5.41 Å². The molecule has 0 radical (unpaired) electrons. The lowest BCUT2D eigenvalue weighted by atomic mass is 9.77. The van der Waals surface area contributed by atoms with E-state index in [1.165, 1.54) is 38.5 Å². The molecular weight excluding hydrogens is 248 g/mol. The number of rotatable bonds is 2. The fraction of sp³-hybridized carbons (Fsp3) is 0.706. The van der Waals surface area contributed by atoms with Gasteiger partial charge >= 0.3 is 0 Å². The van der Waals surface area contributed by atoms with Crippen LogP contribution in [0.15, 0.2) is 6.07 Å². The molecule has 1 saturated heterocycles. The maximum atomic E-state index is 9.66. The molecule has 1 aromatic heterocycles. The lowest BCUT2D eigenvalue weighted by molar-refractivity contribution is 0.225. The zero-order chi connectivity index (χ0) is 14.2. The molecule has 3 nitrogen and oxygen atoms in total. The van der Waals surface area contributed by atoms with Crippen LogP contribution in [0.3, 0.4) is 0 Å². The Morgan fingerprint density at radius 3 is 2.40 bits per heavy atom. The number of aliphatic hydroxyl groups excluding tert-OH is 1. The van der Waals surface area contributed by atoms with E-state index >= 15 is 0 Å². The fourth-order valence-electron chi connectivity index (χ4n) is 4.12. The first-order chi connectivity index (χ1) is 9.63. The smallest absolute Gasteiger partial charge is 0.134 e. The average molecular weight is 274 g/mol. The van der Waals surface area contributed by atoms with Gasteiger partial charge in [0.15, 0.2) is 0 Å². The van der Waals surface area contributed by atoms with E-state index in [1.807, 2.05) is 6.92 Å². The molecular formula is C17H26N2O. The van der Waals surface area contributed by atoms with Gasteiger partial charge in [-0.25, -0.2) is 4.98 Å². The minimum Gasteiger partial charge on any atom is -0.392 e. The first-order valence-corrected chi connectivity index (χ1v) is 7.96. The van der Waals surface area contributed by atoms with Crippen molar-refractivity contribution in [2.45, 2.75) is 59.0 Å². The van der Waals surface area contributed by atoms with E-state index < -0.39 is 0 Å². The highest BCUT2D eigenvalue weighted by molar-refractivity contribution is 5.51. The lowest BCUT2D eigenvalue weighted by Gasteiger charge is -2.40. The van der Waals surface area contributed by atoms with Crippen LogP contribution in [0, 0.1) is 19.3 Å². The van der Waals surface area contributed by atoms with E-state index in [1.54, 1.807) is 0 Å². The van der Waals surface area contributed by atoms with E-state index in [-0.39, 0.29) is 6.61 Å². The van der Waals surface area contributed by atoms with E-state index in [2.05, 4.69) is 17.9 Å². The molecule has 1 spiro atoms. The van der Waals surface area contributed by atoms with Crippen LogP contribution in [0.1, 0.15) is 55.3 Å². The second-order valence-corrected chi connectivity index (χ2v) is 6.73. The molecule has 1 aromatic rings. The normalized spacial score (nSPS) is 21.6. The number of nitrogens with zero attached hydrogens (tertiary/aromatic N) is 2. The van der Waals surface area contributed by atoms with Crippen LogP contribution in [0.5, 0.6) is 0 Å². The van der Waals surface area contributed by atoms with Crippen molar-refractivity contribution in [1.29, 1.82) is 0 Å². The topological polar surface area (TPSA) is 36.4 Å². The van der Waals surface area contributed by atoms with Crippen molar-refractivity contribution in [2.24, 2.45) is 5.41 Å². The molecule has 20 heavy (non-hydrogen) atoms. The van der Waals surface area contributed by atoms with Gasteiger partial charge in [-0.3, -0.25) is 0 Å². The van der Waals surface area contributed by atoms with Gasteiger partial charge in [0.2, 0.25) is 0 Å². The Bertz CT molecular complexity index is 482. The summed E-state index contributed by atoms with van der Waals surface area (Å²) >= 11 is 0. The van der Waals surface area contributed by atoms with Gasteiger partial charge in [0.25, 0.3) is 0 Å². The van der Waals surface area contributed by atoms with Crippen molar-refractivity contribution < 1.29 is 5.11 Å². The summed E-state index contributed by atoms with van der Waals surface area (Å²) in [5.74, 6) is 1.03. The van der Waals surface area contributed by atoms with Crippen LogP contribution in [-0.4, -0.2) is 23.2 Å². The van der Waals surface area contributed by atoms with Gasteiger partial charge < -0.3 is 10.0 Å². The predicted molar refractivity (Wildman–Crippen MR) is 82.0 cm³/mol. The van der Waals surface area contributed by atoms with Crippen LogP contribution in [0.4, 0.5) is 5.82 Å². The number of hydrogen-bond acceptors (Lipinski definition) is 3. The maximum absolute atomic E-state index is 9.66. The molecule has 3 heteroatoms. The molecule has 3 rings (SSSR count). The highest BCUT2D eigenvalue weighted by Crippen LogP contribution is 2.46. The number of hydrogen-bond donors (Lipinski definition) is 1. The van der Waals surface area contributed by atoms with E-state index in [0.717, 1.165) is 35.7 Å². The molecule has 1 saturated carbocycles. The Hall–Kier alpha value is -1.09. The summed E-state index contributed by atoms with van der Waals surface area (Å²) in [6.07, 6.45) is 8.29. The van der Waals surface area contributed by atoms with Gasteiger partial charge in [-0.2, -0.15) is 0 Å². The highest BCUT2D eigenvalue weighted by atomic mass is 16.3. The Labute approximate surface area is 122 Å². The van der Waals surface area contributed by atoms with E-state index in [4.69, 9.17) is 4.98 Å². The van der Waals surface area contributed by atoms with Gasteiger partial charge in [0.1, 0.15) is 5.82 Å². The van der Waals surface area contributed by atoms with Crippen LogP contribution in [0.25, 0.3) is 0 Å². The van der Waals surface area contributed by atoms with Gasteiger partial charge in [0.05, 0.1) is 6.61 Å². The molecule has 0 atom stereocenters. The summed E-state index contributed by atoms with van der Waals surface area (Å²) in [6, 6.07) is 2.07. The molecule has 0 bridgehead atoms. The number of aromatic nitrogens is 1. The van der Waals surface area contributed by atoms with Crippen LogP contribution < -0.4 is 4.90 Å². The van der Waals surface area contributed by atoms with Gasteiger partial charge in [-0.05, 0) is 56.6 Å². The summed E-state index contributed by atoms with van der Waals surface area (Å²) in [4.78, 5) is 7.11. The summed E-state index contributed by atoms with van der Waals surface area (Å²) in [5.41, 5.74) is 3.86. The zero-order valence-corrected chi connectivity index (χ0v) is 12.8. The number of pyridine rings is 1. The zero-order valence-electron chi connectivity index (χ0n) is 12.8. The van der Waals surface area contributed by atoms with Crippen molar-refractivity contribution in [3.8, 4) is 0 Å². The van der Waals surface area contributed by atoms with Crippen LogP contribution in [-0.2, 0) is 6.61 Å². The minimum absolute atomic E-state index is 0.0933. The summed E-state index contributed by atoms with van der Waals surface area (Å²) in [5, 5.41) is 9.66. The standard InChI is InChI=1S/C17H26N2O/c1-13-11-14(2)18-16(15(13)12-20)19-9-7-17(8-10-19)5-3-4-6-17/h11,20H,3-10,12H2,1-2H3. The van der Waals surface area contributed by atoms with Crippen molar-refractivity contribution in [2.75, 3.05) is 18.0 Å². The molecule has 1 aliphatic carbocycles. The lowest BCUT2D eigenvalue weighted by Crippen LogP contribution is -2.39. The highest BCUT2D eigenvalue weighted by Gasteiger charge is 2.37. The van der Waals surface area contributed by atoms with Crippen LogP contribution in [0.2, 0.25) is 0 Å². The second kappa shape index (κ2) is 5.36. The number of piperidine rings is 1. The third-order valence-corrected chi connectivity index (χ3v) is 5.40. The molecule has 0 amide bonds. The Morgan fingerprint density at radius 1 is 1.15 bits per heavy atom. The largest absolute Gasteiger partial charge is 0.392 e. The van der Waals surface area contributed by atoms with Crippen molar-refractivity contribution >= 4 is 5.82 Å². The quantitative estimate of drug-likeness (QED) is 0.898. The summed E-state index contributed by atoms with van der Waals surface area (Å²) in [6.45, 7) is 6.41. The molecule has 110 valence electrons. The first kappa shape index (κ1) is 13.9. The van der Waals surface area contributed by atoms with Crippen molar-refractivity contribution in [1.82, 2.24) is 4.98 Å². The molecule has 2 heterocycles. The number of aryl methyl sites for hydroxylation is 2.